The molecule has 2 heterocycles. The Morgan fingerprint density at radius 3 is 2.68 bits per heavy atom. The van der Waals surface area contributed by atoms with Crippen LogP contribution in [-0.4, -0.2) is 32.9 Å². The highest BCUT2D eigenvalue weighted by atomic mass is 35.5. The third kappa shape index (κ3) is 3.25. The van der Waals surface area contributed by atoms with Gasteiger partial charge in [0.05, 0.1) is 5.56 Å². The van der Waals surface area contributed by atoms with E-state index in [4.69, 9.17) is 16.1 Å². The van der Waals surface area contributed by atoms with Gasteiger partial charge < -0.3 is 9.84 Å². The molecule has 0 atom stereocenters. The minimum Gasteiger partial charge on any atom is -0.369 e. The van der Waals surface area contributed by atoms with Gasteiger partial charge in [-0.1, -0.05) is 16.8 Å². The Labute approximate surface area is 114 Å². The maximum absolute atomic E-state index is 11.0. The number of rotatable bonds is 5. The van der Waals surface area contributed by atoms with Crippen molar-refractivity contribution < 1.29 is 9.32 Å². The number of carbonyl (C=O) groups excluding carboxylic acids is 1. The zero-order valence-corrected chi connectivity index (χ0v) is 11.2. The molecule has 8 heteroatoms. The summed E-state index contributed by atoms with van der Waals surface area (Å²) in [5.74, 6) is 2.01. The second-order valence-corrected chi connectivity index (χ2v) is 4.21. The van der Waals surface area contributed by atoms with Gasteiger partial charge in [-0.3, -0.25) is 4.79 Å². The van der Waals surface area contributed by atoms with Gasteiger partial charge in [-0.25, -0.2) is 9.97 Å². The van der Waals surface area contributed by atoms with E-state index in [2.05, 4.69) is 25.4 Å². The standard InChI is InChI=1S/C11H12ClN5O2/c1-6-15-10(12)8(5-18)11(16-6)13-4-3-9-14-7(2)17-19-9/h5H,3-4H2,1-2H3,(H,13,15,16). The number of hydrogen-bond donors (Lipinski definition) is 1. The van der Waals surface area contributed by atoms with E-state index in [1.165, 1.54) is 0 Å². The number of aromatic nitrogens is 4. The maximum Gasteiger partial charge on any atom is 0.228 e. The van der Waals surface area contributed by atoms with Crippen molar-refractivity contribution in [3.8, 4) is 0 Å². The van der Waals surface area contributed by atoms with Gasteiger partial charge in [-0.2, -0.15) is 4.98 Å². The molecule has 0 amide bonds. The largest absolute Gasteiger partial charge is 0.369 e. The van der Waals surface area contributed by atoms with Crippen molar-refractivity contribution in [2.45, 2.75) is 20.3 Å². The highest BCUT2D eigenvalue weighted by Gasteiger charge is 2.11. The van der Waals surface area contributed by atoms with E-state index < -0.39 is 0 Å². The molecule has 19 heavy (non-hydrogen) atoms. The highest BCUT2D eigenvalue weighted by Crippen LogP contribution is 2.18. The first-order valence-electron chi connectivity index (χ1n) is 5.62. The van der Waals surface area contributed by atoms with Crippen LogP contribution in [0.4, 0.5) is 5.82 Å². The molecule has 0 fully saturated rings. The zero-order chi connectivity index (χ0) is 13.8. The van der Waals surface area contributed by atoms with E-state index >= 15 is 0 Å². The molecule has 0 aliphatic carbocycles. The Balaban J connectivity index is 2.05. The molecule has 1 N–H and O–H groups in total. The normalized spacial score (nSPS) is 10.5. The summed E-state index contributed by atoms with van der Waals surface area (Å²) in [4.78, 5) is 23.1. The minimum absolute atomic E-state index is 0.138. The number of hydrogen-bond acceptors (Lipinski definition) is 7. The van der Waals surface area contributed by atoms with Crippen molar-refractivity contribution in [1.29, 1.82) is 0 Å². The molecule has 0 saturated carbocycles. The van der Waals surface area contributed by atoms with Gasteiger partial charge >= 0.3 is 0 Å². The molecule has 0 unspecified atom stereocenters. The van der Waals surface area contributed by atoms with Gasteiger partial charge in [0.25, 0.3) is 0 Å². The fourth-order valence-corrected chi connectivity index (χ4v) is 1.77. The van der Waals surface area contributed by atoms with Crippen molar-refractivity contribution in [2.75, 3.05) is 11.9 Å². The first kappa shape index (κ1) is 13.4. The van der Waals surface area contributed by atoms with Crippen molar-refractivity contribution >= 4 is 23.7 Å². The van der Waals surface area contributed by atoms with E-state index in [1.54, 1.807) is 13.8 Å². The van der Waals surface area contributed by atoms with Crippen LogP contribution >= 0.6 is 11.6 Å². The predicted octanol–water partition coefficient (Wildman–Crippen LogP) is 1.60. The second kappa shape index (κ2) is 5.75. The summed E-state index contributed by atoms with van der Waals surface area (Å²) in [6.07, 6.45) is 1.15. The topological polar surface area (TPSA) is 93.8 Å². The Kier molecular flexibility index (Phi) is 4.06. The van der Waals surface area contributed by atoms with Crippen molar-refractivity contribution in [3.05, 3.63) is 28.3 Å². The van der Waals surface area contributed by atoms with Crippen LogP contribution in [0.1, 0.15) is 27.9 Å². The number of aryl methyl sites for hydroxylation is 2. The minimum atomic E-state index is 0.138. The quantitative estimate of drug-likeness (QED) is 0.657. The number of nitrogens with zero attached hydrogens (tertiary/aromatic N) is 4. The highest BCUT2D eigenvalue weighted by molar-refractivity contribution is 6.32. The van der Waals surface area contributed by atoms with Gasteiger partial charge in [-0.15, -0.1) is 0 Å². The molecule has 100 valence electrons. The van der Waals surface area contributed by atoms with E-state index in [0.29, 0.717) is 42.6 Å². The lowest BCUT2D eigenvalue weighted by atomic mass is 10.3. The van der Waals surface area contributed by atoms with Gasteiger partial charge in [-0.05, 0) is 13.8 Å². The summed E-state index contributed by atoms with van der Waals surface area (Å²) < 4.78 is 4.98. The summed E-state index contributed by atoms with van der Waals surface area (Å²) >= 11 is 5.87. The zero-order valence-electron chi connectivity index (χ0n) is 10.5. The van der Waals surface area contributed by atoms with Gasteiger partial charge in [0.2, 0.25) is 5.89 Å². The third-order valence-corrected chi connectivity index (χ3v) is 2.62. The molecule has 2 aromatic heterocycles. The van der Waals surface area contributed by atoms with Crippen LogP contribution in [0.2, 0.25) is 5.15 Å². The van der Waals surface area contributed by atoms with Crippen LogP contribution < -0.4 is 5.32 Å². The average Bonchev–Trinajstić information content (AvgIpc) is 2.74. The lowest BCUT2D eigenvalue weighted by Crippen LogP contribution is -2.10. The molecule has 2 rings (SSSR count). The average molecular weight is 282 g/mol. The van der Waals surface area contributed by atoms with Crippen LogP contribution in [0.15, 0.2) is 4.52 Å². The van der Waals surface area contributed by atoms with Crippen LogP contribution in [0.25, 0.3) is 0 Å². The maximum atomic E-state index is 11.0. The molecule has 7 nitrogen and oxygen atoms in total. The molecular formula is C11H12ClN5O2. The van der Waals surface area contributed by atoms with E-state index in [9.17, 15) is 4.79 Å². The molecule has 0 radical (unpaired) electrons. The Bertz CT molecular complexity index is 599. The Morgan fingerprint density at radius 1 is 1.26 bits per heavy atom. The molecule has 0 spiro atoms. The fraction of sp³-hybridized carbons (Fsp3) is 0.364. The van der Waals surface area contributed by atoms with Crippen molar-refractivity contribution in [1.82, 2.24) is 20.1 Å². The molecule has 0 aliphatic heterocycles. The van der Waals surface area contributed by atoms with Gasteiger partial charge in [0, 0.05) is 13.0 Å². The predicted molar refractivity (Wildman–Crippen MR) is 68.4 cm³/mol. The van der Waals surface area contributed by atoms with Gasteiger partial charge in [0.1, 0.15) is 16.8 Å². The molecule has 0 saturated heterocycles. The Morgan fingerprint density at radius 2 is 2.05 bits per heavy atom. The number of carbonyl (C=O) groups is 1. The number of halogens is 1. The van der Waals surface area contributed by atoms with E-state index in [-0.39, 0.29) is 10.7 Å². The number of nitrogens with one attached hydrogen (secondary N) is 1. The SMILES string of the molecule is Cc1noc(CCNc2nc(C)nc(Cl)c2C=O)n1. The molecule has 0 bridgehead atoms. The fourth-order valence-electron chi connectivity index (χ4n) is 1.52. The molecular weight excluding hydrogens is 270 g/mol. The molecule has 0 aromatic carbocycles. The first-order chi connectivity index (χ1) is 9.10. The number of aldehydes is 1. The van der Waals surface area contributed by atoms with E-state index in [0.717, 1.165) is 0 Å². The van der Waals surface area contributed by atoms with Gasteiger partial charge in [0.15, 0.2) is 12.1 Å². The number of anilines is 1. The summed E-state index contributed by atoms with van der Waals surface area (Å²) in [5.41, 5.74) is 0.244. The molecule has 2 aromatic rings. The second-order valence-electron chi connectivity index (χ2n) is 3.85. The van der Waals surface area contributed by atoms with Crippen LogP contribution in [-0.2, 0) is 6.42 Å². The Hall–Kier alpha value is -2.02. The third-order valence-electron chi connectivity index (χ3n) is 2.33. The van der Waals surface area contributed by atoms with Crippen LogP contribution in [0.3, 0.4) is 0 Å². The first-order valence-corrected chi connectivity index (χ1v) is 6.00. The van der Waals surface area contributed by atoms with Crippen molar-refractivity contribution in [3.63, 3.8) is 0 Å². The smallest absolute Gasteiger partial charge is 0.228 e. The lowest BCUT2D eigenvalue weighted by molar-refractivity contribution is 0.112. The molecule has 0 aliphatic rings. The monoisotopic (exact) mass is 281 g/mol. The van der Waals surface area contributed by atoms with E-state index in [1.807, 2.05) is 0 Å². The summed E-state index contributed by atoms with van der Waals surface area (Å²) in [6.45, 7) is 3.95. The van der Waals surface area contributed by atoms with Crippen LogP contribution in [0.5, 0.6) is 0 Å². The summed E-state index contributed by atoms with van der Waals surface area (Å²) in [7, 11) is 0. The van der Waals surface area contributed by atoms with Crippen LogP contribution in [0, 0.1) is 13.8 Å². The summed E-state index contributed by atoms with van der Waals surface area (Å²) in [5, 5.41) is 6.83. The lowest BCUT2D eigenvalue weighted by Gasteiger charge is -2.08. The van der Waals surface area contributed by atoms with Crippen molar-refractivity contribution in [2.24, 2.45) is 0 Å². The summed E-state index contributed by atoms with van der Waals surface area (Å²) in [6, 6.07) is 0.